The summed E-state index contributed by atoms with van der Waals surface area (Å²) in [6.07, 6.45) is 4.25. The minimum atomic E-state index is 0.411. The molecule has 3 rings (SSSR count). The molecule has 0 unspecified atom stereocenters. The number of halogens is 1. The summed E-state index contributed by atoms with van der Waals surface area (Å²) in [4.78, 5) is 7.59. The number of hydrogen-bond acceptors (Lipinski definition) is 2. The lowest BCUT2D eigenvalue weighted by Gasteiger charge is -2.20. The van der Waals surface area contributed by atoms with E-state index >= 15 is 0 Å². The van der Waals surface area contributed by atoms with E-state index in [-0.39, 0.29) is 0 Å². The topological polar surface area (TPSA) is 33.6 Å². The summed E-state index contributed by atoms with van der Waals surface area (Å²) in [7, 11) is 0. The summed E-state index contributed by atoms with van der Waals surface area (Å²) >= 11 is 11.4. The third-order valence-corrected chi connectivity index (χ3v) is 4.69. The number of H-pyrrole nitrogens is 1. The molecule has 2 heterocycles. The maximum absolute atomic E-state index is 5.95. The lowest BCUT2D eigenvalue weighted by molar-refractivity contribution is 0.310. The Bertz CT molecular complexity index is 652. The van der Waals surface area contributed by atoms with E-state index in [0.29, 0.717) is 16.4 Å². The predicted octanol–water partition coefficient (Wildman–Crippen LogP) is 4.18. The van der Waals surface area contributed by atoms with Crippen LogP contribution in [0.4, 0.5) is 0 Å². The second kappa shape index (κ2) is 4.07. The van der Waals surface area contributed by atoms with Crippen LogP contribution < -0.4 is 0 Å². The van der Waals surface area contributed by atoms with Crippen molar-refractivity contribution in [1.82, 2.24) is 14.5 Å². The number of aromatic amines is 1. The van der Waals surface area contributed by atoms with E-state index < -0.39 is 0 Å². The quantitative estimate of drug-likeness (QED) is 0.856. The zero-order valence-electron chi connectivity index (χ0n) is 10.5. The second-order valence-electron chi connectivity index (χ2n) is 5.56. The fraction of sp³-hybridized carbons (Fsp3) is 0.538. The average Bonchev–Trinajstić information content (AvgIpc) is 3.02. The Kier molecular flexibility index (Phi) is 2.75. The fourth-order valence-electron chi connectivity index (χ4n) is 2.56. The number of pyridine rings is 1. The van der Waals surface area contributed by atoms with Gasteiger partial charge in [-0.25, -0.2) is 4.98 Å². The zero-order valence-corrected chi connectivity index (χ0v) is 12.1. The van der Waals surface area contributed by atoms with Gasteiger partial charge in [-0.1, -0.05) is 25.4 Å². The maximum atomic E-state index is 5.95. The van der Waals surface area contributed by atoms with Crippen LogP contribution in [0, 0.1) is 16.1 Å². The third kappa shape index (κ3) is 1.88. The van der Waals surface area contributed by atoms with Crippen LogP contribution in [0.15, 0.2) is 12.3 Å². The van der Waals surface area contributed by atoms with Crippen LogP contribution >= 0.6 is 23.8 Å². The summed E-state index contributed by atoms with van der Waals surface area (Å²) in [5.41, 5.74) is 2.25. The minimum absolute atomic E-state index is 0.411. The highest BCUT2D eigenvalue weighted by atomic mass is 35.5. The van der Waals surface area contributed by atoms with Crippen molar-refractivity contribution >= 4 is 35.0 Å². The van der Waals surface area contributed by atoms with Gasteiger partial charge in [-0.15, -0.1) is 0 Å². The van der Waals surface area contributed by atoms with E-state index in [1.165, 1.54) is 12.8 Å². The SMILES string of the molecule is CC(C)C1(Cn2c(=S)[nH]c3cc(Cl)cnc32)CC1. The number of aromatic nitrogens is 3. The third-order valence-electron chi connectivity index (χ3n) is 4.17. The van der Waals surface area contributed by atoms with Gasteiger partial charge >= 0.3 is 0 Å². The normalized spacial score (nSPS) is 17.6. The molecule has 0 aliphatic heterocycles. The molecular formula is C13H16ClN3S. The van der Waals surface area contributed by atoms with Gasteiger partial charge < -0.3 is 9.55 Å². The van der Waals surface area contributed by atoms with E-state index in [2.05, 4.69) is 28.4 Å². The summed E-state index contributed by atoms with van der Waals surface area (Å²) in [6, 6.07) is 1.88. The first kappa shape index (κ1) is 12.2. The highest BCUT2D eigenvalue weighted by Crippen LogP contribution is 2.53. The Morgan fingerprint density at radius 1 is 1.56 bits per heavy atom. The number of nitrogens with zero attached hydrogens (tertiary/aromatic N) is 2. The monoisotopic (exact) mass is 281 g/mol. The Hall–Kier alpha value is -0.870. The van der Waals surface area contributed by atoms with Crippen LogP contribution in [0.5, 0.6) is 0 Å². The van der Waals surface area contributed by atoms with Crippen molar-refractivity contribution in [3.63, 3.8) is 0 Å². The van der Waals surface area contributed by atoms with Gasteiger partial charge in [0.1, 0.15) is 0 Å². The van der Waals surface area contributed by atoms with Gasteiger partial charge in [-0.05, 0) is 42.5 Å². The first-order chi connectivity index (χ1) is 8.52. The van der Waals surface area contributed by atoms with E-state index in [1.54, 1.807) is 6.20 Å². The number of nitrogens with one attached hydrogen (secondary N) is 1. The van der Waals surface area contributed by atoms with Crippen molar-refractivity contribution in [2.75, 3.05) is 0 Å². The molecule has 5 heteroatoms. The standard InChI is InChI=1S/C13H16ClN3S/c1-8(2)13(3-4-13)7-17-11-10(16-12(17)18)5-9(14)6-15-11/h5-6,8H,3-4,7H2,1-2H3,(H,16,18). The van der Waals surface area contributed by atoms with E-state index in [1.807, 2.05) is 6.07 Å². The molecule has 3 nitrogen and oxygen atoms in total. The molecule has 1 aliphatic carbocycles. The molecule has 1 aliphatic rings. The highest BCUT2D eigenvalue weighted by molar-refractivity contribution is 7.71. The molecule has 0 spiro atoms. The Morgan fingerprint density at radius 2 is 2.28 bits per heavy atom. The molecule has 96 valence electrons. The van der Waals surface area contributed by atoms with Gasteiger partial charge in [0.05, 0.1) is 10.5 Å². The maximum Gasteiger partial charge on any atom is 0.179 e. The van der Waals surface area contributed by atoms with Gasteiger partial charge in [0, 0.05) is 12.7 Å². The Labute approximate surface area is 116 Å². The van der Waals surface area contributed by atoms with Crippen LogP contribution in [-0.2, 0) is 6.54 Å². The van der Waals surface area contributed by atoms with Crippen LogP contribution in [0.2, 0.25) is 5.02 Å². The average molecular weight is 282 g/mol. The molecular weight excluding hydrogens is 266 g/mol. The molecule has 1 saturated carbocycles. The molecule has 1 N–H and O–H groups in total. The summed E-state index contributed by atoms with van der Waals surface area (Å²) < 4.78 is 2.86. The second-order valence-corrected chi connectivity index (χ2v) is 6.38. The Morgan fingerprint density at radius 3 is 2.89 bits per heavy atom. The molecule has 18 heavy (non-hydrogen) atoms. The van der Waals surface area contributed by atoms with Crippen molar-refractivity contribution in [1.29, 1.82) is 0 Å². The summed E-state index contributed by atoms with van der Waals surface area (Å²) in [5.74, 6) is 0.677. The minimum Gasteiger partial charge on any atom is -0.329 e. The van der Waals surface area contributed by atoms with E-state index in [4.69, 9.17) is 23.8 Å². The van der Waals surface area contributed by atoms with Gasteiger partial charge in [0.15, 0.2) is 10.4 Å². The first-order valence-corrected chi connectivity index (χ1v) is 7.04. The number of imidazole rings is 1. The van der Waals surface area contributed by atoms with Crippen molar-refractivity contribution in [3.8, 4) is 0 Å². The molecule has 2 aromatic heterocycles. The predicted molar refractivity (Wildman–Crippen MR) is 76.4 cm³/mol. The smallest absolute Gasteiger partial charge is 0.179 e. The van der Waals surface area contributed by atoms with Gasteiger partial charge in [-0.3, -0.25) is 0 Å². The Balaban J connectivity index is 2.07. The summed E-state index contributed by atoms with van der Waals surface area (Å²) in [6.45, 7) is 5.53. The van der Waals surface area contributed by atoms with Gasteiger partial charge in [0.2, 0.25) is 0 Å². The number of fused-ring (bicyclic) bond motifs is 1. The number of hydrogen-bond donors (Lipinski definition) is 1. The lowest BCUT2D eigenvalue weighted by Crippen LogP contribution is -2.18. The molecule has 0 radical (unpaired) electrons. The largest absolute Gasteiger partial charge is 0.329 e. The molecule has 0 bridgehead atoms. The molecule has 0 atom stereocenters. The molecule has 1 fully saturated rings. The number of rotatable bonds is 3. The van der Waals surface area contributed by atoms with Gasteiger partial charge in [0.25, 0.3) is 0 Å². The lowest BCUT2D eigenvalue weighted by atomic mass is 9.92. The van der Waals surface area contributed by atoms with Crippen molar-refractivity contribution in [3.05, 3.63) is 22.1 Å². The summed E-state index contributed by atoms with van der Waals surface area (Å²) in [5, 5.41) is 0.635. The van der Waals surface area contributed by atoms with Crippen molar-refractivity contribution in [2.24, 2.45) is 11.3 Å². The van der Waals surface area contributed by atoms with Crippen molar-refractivity contribution in [2.45, 2.75) is 33.2 Å². The van der Waals surface area contributed by atoms with E-state index in [0.717, 1.165) is 22.5 Å². The molecule has 0 aromatic carbocycles. The molecule has 2 aromatic rings. The first-order valence-electron chi connectivity index (χ1n) is 6.26. The zero-order chi connectivity index (χ0) is 12.9. The molecule has 0 saturated heterocycles. The highest BCUT2D eigenvalue weighted by Gasteiger charge is 2.45. The molecule has 0 amide bonds. The fourth-order valence-corrected chi connectivity index (χ4v) is 2.98. The van der Waals surface area contributed by atoms with E-state index in [9.17, 15) is 0 Å². The van der Waals surface area contributed by atoms with Crippen LogP contribution in [0.25, 0.3) is 11.2 Å². The van der Waals surface area contributed by atoms with Crippen LogP contribution in [0.3, 0.4) is 0 Å². The van der Waals surface area contributed by atoms with Crippen LogP contribution in [-0.4, -0.2) is 14.5 Å². The van der Waals surface area contributed by atoms with Crippen LogP contribution in [0.1, 0.15) is 26.7 Å². The van der Waals surface area contributed by atoms with Gasteiger partial charge in [-0.2, -0.15) is 0 Å². The van der Waals surface area contributed by atoms with Crippen molar-refractivity contribution < 1.29 is 0 Å².